The van der Waals surface area contributed by atoms with Gasteiger partial charge in [-0.15, -0.1) is 11.6 Å². The molecule has 1 fully saturated rings. The highest BCUT2D eigenvalue weighted by Gasteiger charge is 2.31. The van der Waals surface area contributed by atoms with Crippen LogP contribution in [-0.4, -0.2) is 18.3 Å². The van der Waals surface area contributed by atoms with E-state index in [9.17, 15) is 4.79 Å². The molecule has 0 bridgehead atoms. The van der Waals surface area contributed by atoms with Gasteiger partial charge in [-0.2, -0.15) is 11.3 Å². The average molecular weight is 286 g/mol. The van der Waals surface area contributed by atoms with Crippen LogP contribution in [0, 0.1) is 5.41 Å². The quantitative estimate of drug-likeness (QED) is 0.823. The van der Waals surface area contributed by atoms with Gasteiger partial charge >= 0.3 is 0 Å². The predicted molar refractivity (Wildman–Crippen MR) is 77.3 cm³/mol. The molecular formula is C14H20ClNOS. The summed E-state index contributed by atoms with van der Waals surface area (Å²) in [5, 5.41) is 7.09. The lowest BCUT2D eigenvalue weighted by atomic mass is 9.75. The molecule has 18 heavy (non-hydrogen) atoms. The maximum atomic E-state index is 11.9. The zero-order chi connectivity index (χ0) is 12.8. The van der Waals surface area contributed by atoms with Crippen LogP contribution in [0.3, 0.4) is 0 Å². The molecule has 1 aliphatic rings. The standard InChI is InChI=1S/C14H20ClNOS/c15-10-14(5-2-1-3-6-14)11-16-13(17)8-12-4-7-18-9-12/h4,7,9H,1-3,5-6,8,10-11H2,(H,16,17). The molecule has 2 nitrogen and oxygen atoms in total. The van der Waals surface area contributed by atoms with Gasteiger partial charge in [0, 0.05) is 17.8 Å². The summed E-state index contributed by atoms with van der Waals surface area (Å²) < 4.78 is 0. The molecule has 1 aromatic rings. The number of thiophene rings is 1. The second kappa shape index (κ2) is 6.58. The summed E-state index contributed by atoms with van der Waals surface area (Å²) in [5.41, 5.74) is 1.24. The maximum absolute atomic E-state index is 11.9. The van der Waals surface area contributed by atoms with Gasteiger partial charge in [0.05, 0.1) is 6.42 Å². The molecule has 0 saturated heterocycles. The minimum Gasteiger partial charge on any atom is -0.355 e. The summed E-state index contributed by atoms with van der Waals surface area (Å²) >= 11 is 7.74. The van der Waals surface area contributed by atoms with Gasteiger partial charge in [-0.25, -0.2) is 0 Å². The van der Waals surface area contributed by atoms with Crippen LogP contribution in [0.2, 0.25) is 0 Å². The number of carbonyl (C=O) groups excluding carboxylic acids is 1. The molecule has 1 heterocycles. The summed E-state index contributed by atoms with van der Waals surface area (Å²) in [5.74, 6) is 0.773. The third kappa shape index (κ3) is 3.72. The van der Waals surface area contributed by atoms with Crippen molar-refractivity contribution in [2.75, 3.05) is 12.4 Å². The van der Waals surface area contributed by atoms with E-state index < -0.39 is 0 Å². The van der Waals surface area contributed by atoms with E-state index in [-0.39, 0.29) is 11.3 Å². The Hall–Kier alpha value is -0.540. The lowest BCUT2D eigenvalue weighted by Gasteiger charge is -2.35. The van der Waals surface area contributed by atoms with Crippen LogP contribution in [0.15, 0.2) is 16.8 Å². The molecule has 0 atom stereocenters. The van der Waals surface area contributed by atoms with Crippen molar-refractivity contribution in [3.63, 3.8) is 0 Å². The molecule has 0 unspecified atom stereocenters. The number of hydrogen-bond donors (Lipinski definition) is 1. The minimum atomic E-state index is 0.114. The van der Waals surface area contributed by atoms with E-state index in [2.05, 4.69) is 5.32 Å². The first kappa shape index (κ1) is 13.9. The van der Waals surface area contributed by atoms with E-state index in [1.807, 2.05) is 16.8 Å². The number of carbonyl (C=O) groups is 1. The van der Waals surface area contributed by atoms with Gasteiger partial charge < -0.3 is 5.32 Å². The maximum Gasteiger partial charge on any atom is 0.224 e. The molecule has 1 aliphatic carbocycles. The Balaban J connectivity index is 1.80. The summed E-state index contributed by atoms with van der Waals surface area (Å²) in [6.45, 7) is 0.736. The van der Waals surface area contributed by atoms with Crippen LogP contribution in [0.4, 0.5) is 0 Å². The predicted octanol–water partition coefficient (Wildman–Crippen LogP) is 3.60. The van der Waals surface area contributed by atoms with Gasteiger partial charge in [-0.3, -0.25) is 4.79 Å². The van der Waals surface area contributed by atoms with Crippen molar-refractivity contribution in [3.8, 4) is 0 Å². The number of amides is 1. The topological polar surface area (TPSA) is 29.1 Å². The number of nitrogens with one attached hydrogen (secondary N) is 1. The SMILES string of the molecule is O=C(Cc1ccsc1)NCC1(CCl)CCCCC1. The van der Waals surface area contributed by atoms with Crippen molar-refractivity contribution >= 4 is 28.8 Å². The number of halogens is 1. The Kier molecular flexibility index (Phi) is 5.07. The van der Waals surface area contributed by atoms with E-state index >= 15 is 0 Å². The minimum absolute atomic E-state index is 0.114. The third-order valence-corrected chi connectivity index (χ3v) is 5.10. The zero-order valence-corrected chi connectivity index (χ0v) is 12.2. The first-order chi connectivity index (χ1) is 8.74. The molecule has 0 radical (unpaired) electrons. The number of alkyl halides is 1. The van der Waals surface area contributed by atoms with Gasteiger partial charge in [0.15, 0.2) is 0 Å². The molecule has 4 heteroatoms. The summed E-state index contributed by atoms with van der Waals surface area (Å²) in [6, 6.07) is 2.00. The Morgan fingerprint density at radius 2 is 2.17 bits per heavy atom. The normalized spacial score (nSPS) is 18.5. The van der Waals surface area contributed by atoms with Crippen molar-refractivity contribution in [1.29, 1.82) is 0 Å². The van der Waals surface area contributed by atoms with E-state index in [4.69, 9.17) is 11.6 Å². The highest BCUT2D eigenvalue weighted by Crippen LogP contribution is 2.36. The molecule has 0 aromatic carbocycles. The van der Waals surface area contributed by atoms with E-state index in [0.29, 0.717) is 12.3 Å². The second-order valence-corrected chi connectivity index (χ2v) is 6.33. The Bertz CT molecular complexity index is 371. The lowest BCUT2D eigenvalue weighted by Crippen LogP contribution is -2.40. The van der Waals surface area contributed by atoms with Crippen molar-refractivity contribution < 1.29 is 4.79 Å². The van der Waals surface area contributed by atoms with Gasteiger partial charge in [0.2, 0.25) is 5.91 Å². The highest BCUT2D eigenvalue weighted by molar-refractivity contribution is 7.07. The average Bonchev–Trinajstić information content (AvgIpc) is 2.90. The molecule has 0 aliphatic heterocycles. The molecule has 100 valence electrons. The Labute approximate surface area is 118 Å². The molecule has 1 aromatic heterocycles. The van der Waals surface area contributed by atoms with Crippen LogP contribution in [-0.2, 0) is 11.2 Å². The van der Waals surface area contributed by atoms with E-state index in [1.54, 1.807) is 11.3 Å². The van der Waals surface area contributed by atoms with Crippen LogP contribution >= 0.6 is 22.9 Å². The fourth-order valence-electron chi connectivity index (χ4n) is 2.59. The molecule has 2 rings (SSSR count). The molecule has 1 saturated carbocycles. The van der Waals surface area contributed by atoms with Crippen molar-refractivity contribution in [3.05, 3.63) is 22.4 Å². The van der Waals surface area contributed by atoms with Crippen LogP contribution < -0.4 is 5.32 Å². The summed E-state index contributed by atoms with van der Waals surface area (Å²) in [6.07, 6.45) is 6.58. The Morgan fingerprint density at radius 3 is 2.78 bits per heavy atom. The molecular weight excluding hydrogens is 266 g/mol. The van der Waals surface area contributed by atoms with Crippen molar-refractivity contribution in [1.82, 2.24) is 5.32 Å². The van der Waals surface area contributed by atoms with Crippen LogP contribution in [0.25, 0.3) is 0 Å². The largest absolute Gasteiger partial charge is 0.355 e. The Morgan fingerprint density at radius 1 is 1.39 bits per heavy atom. The fraction of sp³-hybridized carbons (Fsp3) is 0.643. The van der Waals surface area contributed by atoms with E-state index in [1.165, 1.54) is 19.3 Å². The van der Waals surface area contributed by atoms with Gasteiger partial charge in [-0.05, 0) is 35.2 Å². The van der Waals surface area contributed by atoms with Gasteiger partial charge in [0.1, 0.15) is 0 Å². The molecule has 1 N–H and O–H groups in total. The van der Waals surface area contributed by atoms with E-state index in [0.717, 1.165) is 24.9 Å². The van der Waals surface area contributed by atoms with Gasteiger partial charge in [0.25, 0.3) is 0 Å². The highest BCUT2D eigenvalue weighted by atomic mass is 35.5. The number of hydrogen-bond acceptors (Lipinski definition) is 2. The van der Waals surface area contributed by atoms with Crippen LogP contribution in [0.5, 0.6) is 0 Å². The number of rotatable bonds is 5. The first-order valence-electron chi connectivity index (χ1n) is 6.58. The summed E-state index contributed by atoms with van der Waals surface area (Å²) in [7, 11) is 0. The molecule has 0 spiro atoms. The van der Waals surface area contributed by atoms with Crippen molar-refractivity contribution in [2.45, 2.75) is 38.5 Å². The lowest BCUT2D eigenvalue weighted by molar-refractivity contribution is -0.121. The van der Waals surface area contributed by atoms with Crippen molar-refractivity contribution in [2.24, 2.45) is 5.41 Å². The second-order valence-electron chi connectivity index (χ2n) is 5.28. The van der Waals surface area contributed by atoms with Gasteiger partial charge in [-0.1, -0.05) is 19.3 Å². The smallest absolute Gasteiger partial charge is 0.224 e. The first-order valence-corrected chi connectivity index (χ1v) is 8.06. The fourth-order valence-corrected chi connectivity index (χ4v) is 3.62. The van der Waals surface area contributed by atoms with Crippen LogP contribution in [0.1, 0.15) is 37.7 Å². The monoisotopic (exact) mass is 285 g/mol. The molecule has 1 amide bonds. The third-order valence-electron chi connectivity index (χ3n) is 3.80. The zero-order valence-electron chi connectivity index (χ0n) is 10.6. The summed E-state index contributed by atoms with van der Waals surface area (Å²) in [4.78, 5) is 11.9.